The number of nitrogens with two attached hydrogens (primary N) is 1. The molecule has 1 nitrogen and oxygen atoms in total. The summed E-state index contributed by atoms with van der Waals surface area (Å²) in [5.41, 5.74) is 11.7. The fraction of sp³-hybridized carbons (Fsp3) is 0.375. The molecule has 0 aliphatic carbocycles. The minimum Gasteiger partial charge on any atom is -0.324 e. The molecule has 1 unspecified atom stereocenters. The molecular formula is C16H21NS. The van der Waals surface area contributed by atoms with E-state index in [1.165, 1.54) is 27.1 Å². The van der Waals surface area contributed by atoms with E-state index in [4.69, 9.17) is 5.73 Å². The summed E-state index contributed by atoms with van der Waals surface area (Å²) in [6.45, 7) is 6.47. The van der Waals surface area contributed by atoms with Crippen molar-refractivity contribution in [1.82, 2.24) is 0 Å². The average Bonchev–Trinajstić information content (AvgIpc) is 2.77. The van der Waals surface area contributed by atoms with Crippen molar-refractivity contribution < 1.29 is 0 Å². The van der Waals surface area contributed by atoms with Gasteiger partial charge in [-0.3, -0.25) is 0 Å². The quantitative estimate of drug-likeness (QED) is 0.870. The summed E-state index contributed by atoms with van der Waals surface area (Å²) in [6.07, 6.45) is 2.09. The molecule has 1 atom stereocenters. The minimum absolute atomic E-state index is 0.146. The Hall–Kier alpha value is -1.12. The van der Waals surface area contributed by atoms with Crippen LogP contribution in [-0.4, -0.2) is 0 Å². The molecule has 18 heavy (non-hydrogen) atoms. The van der Waals surface area contributed by atoms with Gasteiger partial charge in [0.25, 0.3) is 0 Å². The Morgan fingerprint density at radius 1 is 1.17 bits per heavy atom. The van der Waals surface area contributed by atoms with Gasteiger partial charge in [-0.25, -0.2) is 0 Å². The normalized spacial score (nSPS) is 12.7. The summed E-state index contributed by atoms with van der Waals surface area (Å²) < 4.78 is 0. The van der Waals surface area contributed by atoms with Gasteiger partial charge in [0.15, 0.2) is 0 Å². The molecule has 0 bridgehead atoms. The Kier molecular flexibility index (Phi) is 4.20. The molecule has 1 heterocycles. The lowest BCUT2D eigenvalue weighted by Crippen LogP contribution is -2.14. The maximum Gasteiger partial charge on any atom is 0.0303 e. The van der Waals surface area contributed by atoms with Gasteiger partial charge in [0.05, 0.1) is 0 Å². The van der Waals surface area contributed by atoms with E-state index in [9.17, 15) is 0 Å². The van der Waals surface area contributed by atoms with Crippen LogP contribution in [-0.2, 0) is 6.42 Å². The molecule has 2 rings (SSSR count). The predicted molar refractivity (Wildman–Crippen MR) is 80.2 cm³/mol. The number of hydrogen-bond acceptors (Lipinski definition) is 2. The van der Waals surface area contributed by atoms with E-state index >= 15 is 0 Å². The summed E-state index contributed by atoms with van der Waals surface area (Å²) in [6, 6.07) is 8.90. The van der Waals surface area contributed by atoms with Crippen molar-refractivity contribution in [2.75, 3.05) is 0 Å². The summed E-state index contributed by atoms with van der Waals surface area (Å²) in [4.78, 5) is 1.42. The van der Waals surface area contributed by atoms with Crippen LogP contribution in [0.3, 0.4) is 0 Å². The molecule has 0 saturated carbocycles. The summed E-state index contributed by atoms with van der Waals surface area (Å²) in [7, 11) is 0. The molecule has 0 fully saturated rings. The van der Waals surface area contributed by atoms with Crippen LogP contribution < -0.4 is 5.73 Å². The van der Waals surface area contributed by atoms with Crippen LogP contribution in [0, 0.1) is 20.8 Å². The van der Waals surface area contributed by atoms with Crippen LogP contribution in [0.5, 0.6) is 0 Å². The van der Waals surface area contributed by atoms with Crippen molar-refractivity contribution in [2.24, 2.45) is 5.73 Å². The second-order valence-electron chi connectivity index (χ2n) is 5.04. The molecule has 1 aromatic heterocycles. The molecule has 0 aliphatic rings. The first-order chi connectivity index (χ1) is 8.58. The molecule has 2 heteroatoms. The van der Waals surface area contributed by atoms with Crippen molar-refractivity contribution in [3.63, 3.8) is 0 Å². The molecule has 2 aromatic rings. The van der Waals surface area contributed by atoms with Crippen molar-refractivity contribution in [2.45, 2.75) is 39.7 Å². The Morgan fingerprint density at radius 3 is 2.39 bits per heavy atom. The number of hydrogen-bond donors (Lipinski definition) is 1. The van der Waals surface area contributed by atoms with E-state index in [0.717, 1.165) is 12.8 Å². The molecule has 0 aliphatic heterocycles. The maximum atomic E-state index is 6.37. The monoisotopic (exact) mass is 259 g/mol. The fourth-order valence-corrected chi connectivity index (χ4v) is 3.40. The molecule has 96 valence electrons. The van der Waals surface area contributed by atoms with Gasteiger partial charge in [0.1, 0.15) is 0 Å². The maximum absolute atomic E-state index is 6.37. The van der Waals surface area contributed by atoms with E-state index in [0.29, 0.717) is 0 Å². The van der Waals surface area contributed by atoms with Gasteiger partial charge in [0.2, 0.25) is 0 Å². The second-order valence-corrected chi connectivity index (χ2v) is 6.07. The van der Waals surface area contributed by atoms with Crippen LogP contribution >= 0.6 is 11.3 Å². The minimum atomic E-state index is 0.146. The lowest BCUT2D eigenvalue weighted by molar-refractivity contribution is 0.648. The first kappa shape index (κ1) is 13.3. The average molecular weight is 259 g/mol. The lowest BCUT2D eigenvalue weighted by Gasteiger charge is -2.18. The lowest BCUT2D eigenvalue weighted by atomic mass is 9.92. The Balaban J connectivity index is 2.11. The molecule has 0 amide bonds. The van der Waals surface area contributed by atoms with Crippen molar-refractivity contribution in [1.29, 1.82) is 0 Å². The van der Waals surface area contributed by atoms with E-state index in [1.54, 1.807) is 0 Å². The molecule has 0 radical (unpaired) electrons. The molecule has 2 N–H and O–H groups in total. The third-order valence-electron chi connectivity index (χ3n) is 3.39. The van der Waals surface area contributed by atoms with Crippen LogP contribution in [0.25, 0.3) is 0 Å². The first-order valence-corrected chi connectivity index (χ1v) is 7.31. The molecule has 1 aromatic carbocycles. The van der Waals surface area contributed by atoms with E-state index in [-0.39, 0.29) is 6.04 Å². The highest BCUT2D eigenvalue weighted by atomic mass is 32.1. The summed E-state index contributed by atoms with van der Waals surface area (Å²) in [5, 5.41) is 2.13. The smallest absolute Gasteiger partial charge is 0.0303 e. The van der Waals surface area contributed by atoms with Crippen molar-refractivity contribution in [3.8, 4) is 0 Å². The predicted octanol–water partition coefficient (Wildman–Crippen LogP) is 4.31. The second kappa shape index (κ2) is 5.68. The number of benzene rings is 1. The van der Waals surface area contributed by atoms with E-state index in [1.807, 2.05) is 11.3 Å². The van der Waals surface area contributed by atoms with Gasteiger partial charge in [-0.15, -0.1) is 11.3 Å². The molecule has 0 spiro atoms. The van der Waals surface area contributed by atoms with E-state index in [2.05, 4.69) is 50.4 Å². The third-order valence-corrected chi connectivity index (χ3v) is 4.33. The van der Waals surface area contributed by atoms with Gasteiger partial charge in [-0.2, -0.15) is 0 Å². The number of rotatable bonds is 4. The topological polar surface area (TPSA) is 26.0 Å². The van der Waals surface area contributed by atoms with Crippen LogP contribution in [0.4, 0.5) is 0 Å². The van der Waals surface area contributed by atoms with Crippen molar-refractivity contribution in [3.05, 3.63) is 56.8 Å². The van der Waals surface area contributed by atoms with Gasteiger partial charge in [0, 0.05) is 10.9 Å². The number of aryl methyl sites for hydroxylation is 4. The zero-order chi connectivity index (χ0) is 13.1. The highest BCUT2D eigenvalue weighted by Gasteiger charge is 2.12. The Morgan fingerprint density at radius 2 is 1.83 bits per heavy atom. The zero-order valence-electron chi connectivity index (χ0n) is 11.4. The SMILES string of the molecule is Cc1cc(C)c(C(N)CCc2cccs2)c(C)c1. The van der Waals surface area contributed by atoms with Crippen LogP contribution in [0.1, 0.15) is 39.6 Å². The van der Waals surface area contributed by atoms with E-state index < -0.39 is 0 Å². The Bertz CT molecular complexity index is 491. The van der Waals surface area contributed by atoms with Gasteiger partial charge in [-0.1, -0.05) is 23.8 Å². The standard InChI is InChI=1S/C16H21NS/c1-11-9-12(2)16(13(3)10-11)15(17)7-6-14-5-4-8-18-14/h4-5,8-10,15H,6-7,17H2,1-3H3. The largest absolute Gasteiger partial charge is 0.324 e. The zero-order valence-corrected chi connectivity index (χ0v) is 12.2. The summed E-state index contributed by atoms with van der Waals surface area (Å²) >= 11 is 1.82. The molecular weight excluding hydrogens is 238 g/mol. The van der Waals surface area contributed by atoms with Gasteiger partial charge < -0.3 is 5.73 Å². The first-order valence-electron chi connectivity index (χ1n) is 6.43. The van der Waals surface area contributed by atoms with Crippen LogP contribution in [0.2, 0.25) is 0 Å². The molecule has 0 saturated heterocycles. The summed E-state index contributed by atoms with van der Waals surface area (Å²) in [5.74, 6) is 0. The van der Waals surface area contributed by atoms with Gasteiger partial charge >= 0.3 is 0 Å². The van der Waals surface area contributed by atoms with Crippen molar-refractivity contribution >= 4 is 11.3 Å². The highest BCUT2D eigenvalue weighted by Crippen LogP contribution is 2.26. The van der Waals surface area contributed by atoms with Gasteiger partial charge in [-0.05, 0) is 61.7 Å². The highest BCUT2D eigenvalue weighted by molar-refractivity contribution is 7.09. The Labute approximate surface area is 114 Å². The number of thiophene rings is 1. The third kappa shape index (κ3) is 3.01. The fourth-order valence-electron chi connectivity index (χ4n) is 2.67. The van der Waals surface area contributed by atoms with Crippen LogP contribution in [0.15, 0.2) is 29.6 Å².